The van der Waals surface area contributed by atoms with E-state index in [1.54, 1.807) is 49.9 Å². The molecule has 41 heavy (non-hydrogen) atoms. The van der Waals surface area contributed by atoms with Gasteiger partial charge in [0.2, 0.25) is 5.91 Å². The maximum atomic E-state index is 13.8. The fourth-order valence-corrected chi connectivity index (χ4v) is 5.92. The first-order chi connectivity index (χ1) is 19.1. The first-order valence-electron chi connectivity index (χ1n) is 13.6. The van der Waals surface area contributed by atoms with Crippen molar-refractivity contribution in [2.45, 2.75) is 65.5 Å². The summed E-state index contributed by atoms with van der Waals surface area (Å²) in [6.45, 7) is 14.2. The molecule has 1 aliphatic rings. The zero-order valence-corrected chi connectivity index (χ0v) is 25.8. The van der Waals surface area contributed by atoms with Crippen LogP contribution in [0.1, 0.15) is 74.1 Å². The number of hydrogen-bond donors (Lipinski definition) is 3. The van der Waals surface area contributed by atoms with Gasteiger partial charge in [-0.15, -0.1) is 11.3 Å². The third-order valence-corrected chi connectivity index (χ3v) is 8.87. The Bertz CT molecular complexity index is 1470. The lowest BCUT2D eigenvalue weighted by molar-refractivity contribution is -0.144. The summed E-state index contributed by atoms with van der Waals surface area (Å²) in [5.41, 5.74) is 3.05. The number of aryl methyl sites for hydroxylation is 1. The quantitative estimate of drug-likeness (QED) is 0.354. The van der Waals surface area contributed by atoms with E-state index in [0.29, 0.717) is 35.0 Å². The number of thiophene rings is 1. The van der Waals surface area contributed by atoms with E-state index in [1.165, 1.54) is 11.3 Å². The first kappa shape index (κ1) is 30.2. The minimum atomic E-state index is -1.01. The lowest BCUT2D eigenvalue weighted by atomic mass is 9.93. The normalized spacial score (nSPS) is 16.0. The fraction of sp³-hybridized carbons (Fsp3) is 0.419. The van der Waals surface area contributed by atoms with Crippen molar-refractivity contribution in [3.63, 3.8) is 0 Å². The summed E-state index contributed by atoms with van der Waals surface area (Å²) in [5, 5.41) is 16.0. The highest BCUT2D eigenvalue weighted by atomic mass is 32.1. The van der Waals surface area contributed by atoms with Crippen LogP contribution in [0.4, 0.5) is 15.5 Å². The Kier molecular flexibility index (Phi) is 8.29. The summed E-state index contributed by atoms with van der Waals surface area (Å²) < 4.78 is 0. The second-order valence-electron chi connectivity index (χ2n) is 12.1. The van der Waals surface area contributed by atoms with Crippen molar-refractivity contribution in [3.8, 4) is 11.1 Å². The van der Waals surface area contributed by atoms with Crippen molar-refractivity contribution in [2.75, 3.05) is 30.8 Å². The van der Waals surface area contributed by atoms with Crippen molar-refractivity contribution >= 4 is 39.9 Å². The Hall–Kier alpha value is -3.76. The van der Waals surface area contributed by atoms with E-state index in [0.717, 1.165) is 21.6 Å². The Morgan fingerprint density at radius 1 is 1.10 bits per heavy atom. The van der Waals surface area contributed by atoms with Crippen LogP contribution in [-0.2, 0) is 10.2 Å². The molecule has 1 aliphatic heterocycles. The molecule has 0 spiro atoms. The summed E-state index contributed by atoms with van der Waals surface area (Å²) in [5.74, 6) is -0.411. The van der Waals surface area contributed by atoms with E-state index in [9.17, 15) is 19.5 Å². The van der Waals surface area contributed by atoms with Crippen LogP contribution in [0, 0.1) is 6.92 Å². The number of nitrogens with one attached hydrogen (secondary N) is 2. The lowest BCUT2D eigenvalue weighted by Crippen LogP contribution is -2.63. The number of carbonyl (C=O) groups excluding carboxylic acids is 3. The van der Waals surface area contributed by atoms with Crippen molar-refractivity contribution < 1.29 is 19.5 Å². The summed E-state index contributed by atoms with van der Waals surface area (Å²) in [7, 11) is 1.74. The molecule has 4 rings (SSSR count). The molecule has 4 amide bonds. The van der Waals surface area contributed by atoms with Gasteiger partial charge < -0.3 is 20.2 Å². The monoisotopic (exact) mass is 577 g/mol. The van der Waals surface area contributed by atoms with Crippen LogP contribution in [0.3, 0.4) is 0 Å². The Labute approximate surface area is 245 Å². The van der Waals surface area contributed by atoms with Gasteiger partial charge in [-0.3, -0.25) is 19.9 Å². The molecule has 3 heterocycles. The lowest BCUT2D eigenvalue weighted by Gasteiger charge is -2.44. The molecule has 1 atom stereocenters. The molecule has 2 aromatic heterocycles. The van der Waals surface area contributed by atoms with Gasteiger partial charge in [-0.05, 0) is 68.5 Å². The van der Waals surface area contributed by atoms with Crippen molar-refractivity contribution in [1.82, 2.24) is 14.8 Å². The number of anilines is 2. The molecular formula is C31H39N5O4S. The number of aliphatic hydroxyl groups excluding tert-OH is 1. The molecule has 0 aliphatic carbocycles. The van der Waals surface area contributed by atoms with Gasteiger partial charge >= 0.3 is 6.03 Å². The molecule has 0 bridgehead atoms. The molecule has 1 unspecified atom stereocenters. The van der Waals surface area contributed by atoms with Gasteiger partial charge in [0, 0.05) is 42.5 Å². The second kappa shape index (κ2) is 11.3. The summed E-state index contributed by atoms with van der Waals surface area (Å²) >= 11 is 1.36. The van der Waals surface area contributed by atoms with Crippen LogP contribution in [0.5, 0.6) is 0 Å². The molecule has 9 nitrogen and oxygen atoms in total. The molecule has 10 heteroatoms. The number of piperazine rings is 1. The van der Waals surface area contributed by atoms with Crippen molar-refractivity contribution in [2.24, 2.45) is 0 Å². The third-order valence-electron chi connectivity index (χ3n) is 7.40. The van der Waals surface area contributed by atoms with E-state index >= 15 is 0 Å². The second-order valence-corrected chi connectivity index (χ2v) is 13.2. The number of benzene rings is 1. The number of aliphatic hydroxyl groups is 1. The SMILES string of the molecule is Cc1ccc(NC(=O)Nc2sc(C(C)(C)C)cc2C(=O)N2CCN(C)C(=O)C2(C)C)cc1-c1ccc(C(C)O)nc1. The minimum absolute atomic E-state index is 0.124. The number of carbonyl (C=O) groups is 3. The number of likely N-dealkylation sites (N-methyl/N-ethyl adjacent to an activating group) is 1. The van der Waals surface area contributed by atoms with Crippen LogP contribution in [0.15, 0.2) is 42.6 Å². The van der Waals surface area contributed by atoms with Gasteiger partial charge in [-0.2, -0.15) is 0 Å². The van der Waals surface area contributed by atoms with Gasteiger partial charge in [0.1, 0.15) is 10.5 Å². The number of rotatable bonds is 5. The third kappa shape index (κ3) is 6.28. The maximum absolute atomic E-state index is 13.8. The van der Waals surface area contributed by atoms with E-state index < -0.39 is 17.7 Å². The smallest absolute Gasteiger partial charge is 0.324 e. The van der Waals surface area contributed by atoms with Crippen LogP contribution in [0.2, 0.25) is 0 Å². The van der Waals surface area contributed by atoms with Gasteiger partial charge in [-0.1, -0.05) is 32.9 Å². The summed E-state index contributed by atoms with van der Waals surface area (Å²) in [6.07, 6.45) is 1.05. The minimum Gasteiger partial charge on any atom is -0.387 e. The van der Waals surface area contributed by atoms with Crippen LogP contribution >= 0.6 is 11.3 Å². The average molecular weight is 578 g/mol. The molecule has 0 radical (unpaired) electrons. The van der Waals surface area contributed by atoms with Gasteiger partial charge in [0.15, 0.2) is 0 Å². The number of nitrogens with zero attached hydrogens (tertiary/aromatic N) is 3. The number of hydrogen-bond acceptors (Lipinski definition) is 6. The number of aromatic nitrogens is 1. The Morgan fingerprint density at radius 2 is 1.80 bits per heavy atom. The standard InChI is InChI=1S/C31H39N5O4S/c1-18-9-11-21(15-22(18)20-10-12-24(19(2)37)32-17-20)33-29(40)34-26-23(16-25(41-26)30(3,4)5)27(38)36-14-13-35(8)28(39)31(36,6)7/h9-12,15-17,19,37H,13-14H2,1-8H3,(H2,33,34,40). The molecule has 3 aromatic rings. The highest BCUT2D eigenvalue weighted by molar-refractivity contribution is 7.16. The Morgan fingerprint density at radius 3 is 2.41 bits per heavy atom. The average Bonchev–Trinajstić information content (AvgIpc) is 3.32. The highest BCUT2D eigenvalue weighted by Gasteiger charge is 2.44. The number of amides is 4. The topological polar surface area (TPSA) is 115 Å². The molecule has 1 saturated heterocycles. The van der Waals surface area contributed by atoms with E-state index in [-0.39, 0.29) is 17.2 Å². The number of pyridine rings is 1. The predicted octanol–water partition coefficient (Wildman–Crippen LogP) is 5.81. The fourth-order valence-electron chi connectivity index (χ4n) is 4.81. The van der Waals surface area contributed by atoms with E-state index in [1.807, 2.05) is 37.3 Å². The van der Waals surface area contributed by atoms with E-state index in [4.69, 9.17) is 0 Å². The predicted molar refractivity (Wildman–Crippen MR) is 163 cm³/mol. The summed E-state index contributed by atoms with van der Waals surface area (Å²) in [4.78, 5) is 48.4. The maximum Gasteiger partial charge on any atom is 0.324 e. The largest absolute Gasteiger partial charge is 0.387 e. The Balaban J connectivity index is 1.59. The van der Waals surface area contributed by atoms with Crippen molar-refractivity contribution in [1.29, 1.82) is 0 Å². The van der Waals surface area contributed by atoms with Crippen LogP contribution in [-0.4, -0.2) is 63.4 Å². The molecule has 1 fully saturated rings. The number of urea groups is 1. The molecule has 0 saturated carbocycles. The summed E-state index contributed by atoms with van der Waals surface area (Å²) in [6, 6.07) is 10.6. The van der Waals surface area contributed by atoms with Gasteiger partial charge in [0.25, 0.3) is 5.91 Å². The van der Waals surface area contributed by atoms with E-state index in [2.05, 4.69) is 36.4 Å². The molecule has 3 N–H and O–H groups in total. The zero-order chi connectivity index (χ0) is 30.3. The zero-order valence-electron chi connectivity index (χ0n) is 25.0. The highest BCUT2D eigenvalue weighted by Crippen LogP contribution is 2.38. The van der Waals surface area contributed by atoms with Crippen LogP contribution < -0.4 is 10.6 Å². The molecule has 218 valence electrons. The molecular weight excluding hydrogens is 538 g/mol. The van der Waals surface area contributed by atoms with Crippen molar-refractivity contribution in [3.05, 3.63) is 64.3 Å². The van der Waals surface area contributed by atoms with Gasteiger partial charge in [0.05, 0.1) is 17.4 Å². The van der Waals surface area contributed by atoms with Gasteiger partial charge in [-0.25, -0.2) is 4.79 Å². The molecule has 1 aromatic carbocycles. The van der Waals surface area contributed by atoms with Crippen LogP contribution in [0.25, 0.3) is 11.1 Å². The first-order valence-corrected chi connectivity index (χ1v) is 14.5.